The predicted octanol–water partition coefficient (Wildman–Crippen LogP) is 15.0. The average Bonchev–Trinajstić information content (AvgIpc) is 3.61. The molecule has 0 bridgehead atoms. The summed E-state index contributed by atoms with van der Waals surface area (Å²) < 4.78 is 2.51. The number of fused-ring (bicyclic) bond motifs is 6. The highest BCUT2D eigenvalue weighted by atomic mass is 15.0. The second-order valence-electron chi connectivity index (χ2n) is 15.4. The largest absolute Gasteiger partial charge is 0.333 e. The second kappa shape index (κ2) is 13.6. The zero-order chi connectivity index (χ0) is 37.9. The molecule has 0 N–H and O–H groups in total. The molecule has 0 radical (unpaired) electrons. The monoisotopic (exact) mass is 728 g/mol. The summed E-state index contributed by atoms with van der Waals surface area (Å²) in [5, 5.41) is 10.0. The Morgan fingerprint density at radius 2 is 1.02 bits per heavy atom. The summed E-state index contributed by atoms with van der Waals surface area (Å²) >= 11 is 0. The molecule has 0 fully saturated rings. The standard InChI is InChI=1S/C55H40N2/c1-36-53(43-24-22-37-12-2-4-14-41(37)34-43)49-18-6-7-19-50(49)54(44-25-23-38-13-3-5-15-42(38)35-44)55(36)56-45-30-26-39(27-31-45)40-28-32-46(33-29-40)57-51-20-10-8-16-47(51)48-17-9-11-21-52(48)57/h2-30,32,34-35,46H,31,33H2,1H3. The van der Waals surface area contributed by atoms with Crippen molar-refractivity contribution in [2.75, 3.05) is 0 Å². The van der Waals surface area contributed by atoms with Crippen LogP contribution in [0.15, 0.2) is 210 Å². The molecule has 1 unspecified atom stereocenters. The Morgan fingerprint density at radius 1 is 0.491 bits per heavy atom. The Bertz CT molecular complexity index is 3200. The minimum atomic E-state index is 0.269. The van der Waals surface area contributed by atoms with Crippen LogP contribution in [0.2, 0.25) is 0 Å². The van der Waals surface area contributed by atoms with Gasteiger partial charge in [-0.05, 0) is 109 Å². The van der Waals surface area contributed by atoms with Crippen molar-refractivity contribution in [1.29, 1.82) is 0 Å². The molecular formula is C55H40N2. The van der Waals surface area contributed by atoms with E-state index in [0.29, 0.717) is 0 Å². The summed E-state index contributed by atoms with van der Waals surface area (Å²) in [6.07, 6.45) is 15.7. The van der Waals surface area contributed by atoms with Crippen molar-refractivity contribution in [1.82, 2.24) is 4.57 Å². The minimum absolute atomic E-state index is 0.269. The van der Waals surface area contributed by atoms with E-state index in [4.69, 9.17) is 4.99 Å². The topological polar surface area (TPSA) is 17.3 Å². The Hall–Kier alpha value is -7.03. The Morgan fingerprint density at radius 3 is 1.60 bits per heavy atom. The number of hydrogen-bond acceptors (Lipinski definition) is 1. The van der Waals surface area contributed by atoms with Gasteiger partial charge in [-0.15, -0.1) is 0 Å². The molecule has 0 saturated carbocycles. The maximum absolute atomic E-state index is 5.60. The van der Waals surface area contributed by atoms with Crippen LogP contribution in [0, 0.1) is 6.92 Å². The van der Waals surface area contributed by atoms with E-state index >= 15 is 0 Å². The van der Waals surface area contributed by atoms with Gasteiger partial charge in [-0.25, -0.2) is 0 Å². The first-order valence-electron chi connectivity index (χ1n) is 20.0. The van der Waals surface area contributed by atoms with Gasteiger partial charge in [-0.2, -0.15) is 0 Å². The number of allylic oxidation sites excluding steroid dienone is 8. The van der Waals surface area contributed by atoms with E-state index in [1.165, 1.54) is 93.1 Å². The van der Waals surface area contributed by atoms with E-state index in [1.807, 2.05) is 0 Å². The highest BCUT2D eigenvalue weighted by Crippen LogP contribution is 2.47. The van der Waals surface area contributed by atoms with E-state index < -0.39 is 0 Å². The molecule has 11 rings (SSSR count). The molecule has 0 saturated heterocycles. The number of nitrogens with zero attached hydrogens (tertiary/aromatic N) is 2. The molecule has 270 valence electrons. The summed E-state index contributed by atoms with van der Waals surface area (Å²) in [7, 11) is 0. The van der Waals surface area contributed by atoms with Gasteiger partial charge in [0.2, 0.25) is 0 Å². The molecule has 2 nitrogen and oxygen atoms in total. The second-order valence-corrected chi connectivity index (χ2v) is 15.4. The van der Waals surface area contributed by atoms with Crippen molar-refractivity contribution in [2.45, 2.75) is 25.8 Å². The maximum Gasteiger partial charge on any atom is 0.0753 e. The molecule has 1 aromatic heterocycles. The fourth-order valence-corrected chi connectivity index (χ4v) is 9.35. The van der Waals surface area contributed by atoms with Crippen LogP contribution in [-0.2, 0) is 0 Å². The SMILES string of the molecule is Cc1c(N=C2C=CC(C3=CCC(n4c5ccccc5c5ccccc54)C=C3)=CC2)c(-c2ccc3ccccc3c2)c2ccccc2c1-c1ccc2ccccc2c1. The van der Waals surface area contributed by atoms with Gasteiger partial charge in [0.25, 0.3) is 0 Å². The smallest absolute Gasteiger partial charge is 0.0753 e. The van der Waals surface area contributed by atoms with Gasteiger partial charge in [0, 0.05) is 39.5 Å². The van der Waals surface area contributed by atoms with Gasteiger partial charge in [0.1, 0.15) is 0 Å². The molecule has 8 aromatic carbocycles. The van der Waals surface area contributed by atoms with Crippen molar-refractivity contribution in [3.8, 4) is 22.3 Å². The number of para-hydroxylation sites is 2. The maximum atomic E-state index is 5.60. The van der Waals surface area contributed by atoms with E-state index in [0.717, 1.165) is 24.2 Å². The first-order valence-corrected chi connectivity index (χ1v) is 20.0. The molecular weight excluding hydrogens is 689 g/mol. The molecule has 2 aliphatic carbocycles. The van der Waals surface area contributed by atoms with Crippen LogP contribution in [0.1, 0.15) is 24.4 Å². The van der Waals surface area contributed by atoms with Crippen LogP contribution in [-0.4, -0.2) is 10.3 Å². The molecule has 2 aliphatic rings. The van der Waals surface area contributed by atoms with E-state index in [9.17, 15) is 0 Å². The van der Waals surface area contributed by atoms with Crippen LogP contribution in [0.4, 0.5) is 5.69 Å². The van der Waals surface area contributed by atoms with Gasteiger partial charge in [-0.3, -0.25) is 4.99 Å². The summed E-state index contributed by atoms with van der Waals surface area (Å²) in [5.41, 5.74) is 13.2. The Kier molecular flexibility index (Phi) is 7.96. The first kappa shape index (κ1) is 33.3. The molecule has 0 spiro atoms. The molecule has 0 amide bonds. The zero-order valence-electron chi connectivity index (χ0n) is 31.9. The number of aromatic nitrogens is 1. The predicted molar refractivity (Wildman–Crippen MR) is 244 cm³/mol. The van der Waals surface area contributed by atoms with Crippen LogP contribution in [0.25, 0.3) is 76.4 Å². The quantitative estimate of drug-likeness (QED) is 0.168. The normalized spacial score (nSPS) is 16.3. The number of benzene rings is 8. The fourth-order valence-electron chi connectivity index (χ4n) is 9.35. The lowest BCUT2D eigenvalue weighted by atomic mass is 9.85. The van der Waals surface area contributed by atoms with Crippen molar-refractivity contribution in [3.63, 3.8) is 0 Å². The summed E-state index contributed by atoms with van der Waals surface area (Å²) in [6.45, 7) is 2.26. The Balaban J connectivity index is 0.985. The Labute approximate surface area is 332 Å². The van der Waals surface area contributed by atoms with Gasteiger partial charge < -0.3 is 4.57 Å². The van der Waals surface area contributed by atoms with E-state index in [-0.39, 0.29) is 6.04 Å². The number of rotatable bonds is 5. The minimum Gasteiger partial charge on any atom is -0.333 e. The highest BCUT2D eigenvalue weighted by molar-refractivity contribution is 6.14. The van der Waals surface area contributed by atoms with Crippen LogP contribution < -0.4 is 0 Å². The van der Waals surface area contributed by atoms with Gasteiger partial charge in [-0.1, -0.05) is 164 Å². The van der Waals surface area contributed by atoms with Crippen molar-refractivity contribution in [3.05, 3.63) is 211 Å². The first-order chi connectivity index (χ1) is 28.2. The number of hydrogen-bond donors (Lipinski definition) is 0. The lowest BCUT2D eigenvalue weighted by molar-refractivity contribution is 0.645. The van der Waals surface area contributed by atoms with Crippen LogP contribution in [0.5, 0.6) is 0 Å². The summed E-state index contributed by atoms with van der Waals surface area (Å²) in [5.74, 6) is 0. The molecule has 1 heterocycles. The third kappa shape index (κ3) is 5.68. The van der Waals surface area contributed by atoms with Gasteiger partial charge >= 0.3 is 0 Å². The van der Waals surface area contributed by atoms with Crippen molar-refractivity contribution >= 4 is 65.5 Å². The molecule has 0 aliphatic heterocycles. The third-order valence-corrected chi connectivity index (χ3v) is 12.1. The molecule has 9 aromatic rings. The lowest BCUT2D eigenvalue weighted by Crippen LogP contribution is -2.09. The van der Waals surface area contributed by atoms with E-state index in [2.05, 4.69) is 206 Å². The fraction of sp³-hybridized carbons (Fsp3) is 0.0727. The zero-order valence-corrected chi connectivity index (χ0v) is 31.9. The van der Waals surface area contributed by atoms with Crippen LogP contribution in [0.3, 0.4) is 0 Å². The lowest BCUT2D eigenvalue weighted by Gasteiger charge is -2.22. The summed E-state index contributed by atoms with van der Waals surface area (Å²) in [6, 6.07) is 57.7. The van der Waals surface area contributed by atoms with Gasteiger partial charge in [0.15, 0.2) is 0 Å². The molecule has 57 heavy (non-hydrogen) atoms. The number of aliphatic imine (C=N–C) groups is 1. The third-order valence-electron chi connectivity index (χ3n) is 12.1. The van der Waals surface area contributed by atoms with E-state index in [1.54, 1.807) is 0 Å². The molecule has 1 atom stereocenters. The summed E-state index contributed by atoms with van der Waals surface area (Å²) in [4.78, 5) is 5.60. The van der Waals surface area contributed by atoms with Gasteiger partial charge in [0.05, 0.1) is 11.7 Å². The average molecular weight is 729 g/mol. The van der Waals surface area contributed by atoms with Crippen molar-refractivity contribution in [2.24, 2.45) is 4.99 Å². The highest BCUT2D eigenvalue weighted by Gasteiger charge is 2.22. The van der Waals surface area contributed by atoms with Crippen LogP contribution >= 0.6 is 0 Å². The molecule has 2 heteroatoms. The van der Waals surface area contributed by atoms with Crippen molar-refractivity contribution < 1.29 is 0 Å².